The Bertz CT molecular complexity index is 977. The highest BCUT2D eigenvalue weighted by Crippen LogP contribution is 2.46. The van der Waals surface area contributed by atoms with E-state index < -0.39 is 17.9 Å². The molecule has 1 spiro atoms. The molecule has 1 saturated heterocycles. The summed E-state index contributed by atoms with van der Waals surface area (Å²) in [4.78, 5) is 34.9. The van der Waals surface area contributed by atoms with E-state index in [9.17, 15) is 22.8 Å². The SMILES string of the molecule is O=C(NCc1cnccn1)OC1CCC2(CC1)CCN(c1ccc(OC(F)(F)F)cc1)C2=O. The number of nitrogens with one attached hydrogen (secondary N) is 1. The third-order valence-corrected chi connectivity index (χ3v) is 6.09. The van der Waals surface area contributed by atoms with Crippen molar-refractivity contribution in [3.05, 3.63) is 48.5 Å². The van der Waals surface area contributed by atoms with Crippen LogP contribution in [0.2, 0.25) is 0 Å². The van der Waals surface area contributed by atoms with E-state index in [0.29, 0.717) is 50.0 Å². The van der Waals surface area contributed by atoms with E-state index in [4.69, 9.17) is 4.74 Å². The summed E-state index contributed by atoms with van der Waals surface area (Å²) in [6.07, 6.45) is 2.00. The molecule has 1 aromatic heterocycles. The molecule has 8 nitrogen and oxygen atoms in total. The Balaban J connectivity index is 1.28. The van der Waals surface area contributed by atoms with Crippen molar-refractivity contribution in [2.45, 2.75) is 51.1 Å². The lowest BCUT2D eigenvalue weighted by Gasteiger charge is -2.35. The molecule has 2 fully saturated rings. The van der Waals surface area contributed by atoms with Crippen LogP contribution in [0.4, 0.5) is 23.7 Å². The standard InChI is InChI=1S/C22H23F3N4O4/c23-22(24,25)33-18-3-1-16(2-4-18)29-12-9-21(19(29)30)7-5-17(6-8-21)32-20(31)28-14-15-13-26-10-11-27-15/h1-4,10-11,13,17H,5-9,12,14H2,(H,28,31). The van der Waals surface area contributed by atoms with E-state index in [1.54, 1.807) is 17.3 Å². The molecule has 33 heavy (non-hydrogen) atoms. The van der Waals surface area contributed by atoms with Crippen molar-refractivity contribution in [2.75, 3.05) is 11.4 Å². The van der Waals surface area contributed by atoms with E-state index in [2.05, 4.69) is 20.0 Å². The maximum atomic E-state index is 13.2. The molecule has 11 heteroatoms. The number of alkyl carbamates (subject to hydrolysis) is 1. The van der Waals surface area contributed by atoms with Gasteiger partial charge >= 0.3 is 12.5 Å². The van der Waals surface area contributed by atoms with Crippen LogP contribution in [0.1, 0.15) is 37.8 Å². The van der Waals surface area contributed by atoms with Crippen LogP contribution >= 0.6 is 0 Å². The van der Waals surface area contributed by atoms with Gasteiger partial charge in [-0.1, -0.05) is 0 Å². The summed E-state index contributed by atoms with van der Waals surface area (Å²) in [7, 11) is 0. The summed E-state index contributed by atoms with van der Waals surface area (Å²) < 4.78 is 46.4. The van der Waals surface area contributed by atoms with Gasteiger partial charge in [-0.15, -0.1) is 13.2 Å². The zero-order valence-electron chi connectivity index (χ0n) is 17.7. The molecular formula is C22H23F3N4O4. The Hall–Kier alpha value is -3.37. The van der Waals surface area contributed by atoms with Gasteiger partial charge in [-0.3, -0.25) is 14.8 Å². The predicted octanol–water partition coefficient (Wildman–Crippen LogP) is 3.97. The molecule has 4 rings (SSSR count). The summed E-state index contributed by atoms with van der Waals surface area (Å²) in [5.74, 6) is -0.375. The quantitative estimate of drug-likeness (QED) is 0.720. The zero-order chi connectivity index (χ0) is 23.5. The van der Waals surface area contributed by atoms with Crippen molar-refractivity contribution >= 4 is 17.7 Å². The van der Waals surface area contributed by atoms with E-state index in [1.165, 1.54) is 30.5 Å². The van der Waals surface area contributed by atoms with Crippen LogP contribution < -0.4 is 15.0 Å². The molecule has 1 saturated carbocycles. The first kappa shape index (κ1) is 22.8. The van der Waals surface area contributed by atoms with Crippen molar-refractivity contribution < 1.29 is 32.2 Å². The molecule has 1 aliphatic carbocycles. The number of hydrogen-bond donors (Lipinski definition) is 1. The second-order valence-electron chi connectivity index (χ2n) is 8.18. The first-order valence-electron chi connectivity index (χ1n) is 10.6. The number of carbonyl (C=O) groups is 2. The molecule has 1 aromatic carbocycles. The molecule has 0 atom stereocenters. The molecule has 0 radical (unpaired) electrons. The van der Waals surface area contributed by atoms with Crippen LogP contribution in [0.5, 0.6) is 5.75 Å². The fraction of sp³-hybridized carbons (Fsp3) is 0.455. The molecule has 0 unspecified atom stereocenters. The first-order chi connectivity index (χ1) is 15.7. The average molecular weight is 464 g/mol. The predicted molar refractivity (Wildman–Crippen MR) is 110 cm³/mol. The van der Waals surface area contributed by atoms with Crippen molar-refractivity contribution in [1.29, 1.82) is 0 Å². The van der Waals surface area contributed by atoms with Crippen LogP contribution in [-0.2, 0) is 16.1 Å². The summed E-state index contributed by atoms with van der Waals surface area (Å²) >= 11 is 0. The van der Waals surface area contributed by atoms with E-state index in [-0.39, 0.29) is 24.3 Å². The molecular weight excluding hydrogens is 441 g/mol. The molecule has 2 aliphatic rings. The Labute approximate surface area is 188 Å². The molecule has 176 valence electrons. The van der Waals surface area contributed by atoms with Crippen molar-refractivity contribution in [3.63, 3.8) is 0 Å². The van der Waals surface area contributed by atoms with Crippen LogP contribution in [0.15, 0.2) is 42.9 Å². The number of amides is 2. The van der Waals surface area contributed by atoms with Crippen molar-refractivity contribution in [1.82, 2.24) is 15.3 Å². The Kier molecular flexibility index (Phi) is 6.39. The minimum absolute atomic E-state index is 0.0439. The van der Waals surface area contributed by atoms with E-state index in [0.717, 1.165) is 0 Å². The van der Waals surface area contributed by atoms with Gasteiger partial charge in [-0.05, 0) is 56.4 Å². The van der Waals surface area contributed by atoms with Crippen LogP contribution in [0.3, 0.4) is 0 Å². The third-order valence-electron chi connectivity index (χ3n) is 6.09. The number of anilines is 1. The number of hydrogen-bond acceptors (Lipinski definition) is 6. The maximum Gasteiger partial charge on any atom is 0.573 e. The lowest BCUT2D eigenvalue weighted by Crippen LogP contribution is -2.40. The number of halogens is 3. The van der Waals surface area contributed by atoms with Gasteiger partial charge in [-0.25, -0.2) is 4.79 Å². The minimum atomic E-state index is -4.76. The van der Waals surface area contributed by atoms with Gasteiger partial charge in [0.25, 0.3) is 0 Å². The fourth-order valence-electron chi connectivity index (χ4n) is 4.40. The van der Waals surface area contributed by atoms with E-state index in [1.807, 2.05) is 0 Å². The van der Waals surface area contributed by atoms with Crippen LogP contribution in [-0.4, -0.2) is 41.0 Å². The highest BCUT2D eigenvalue weighted by Gasteiger charge is 2.49. The number of carbonyl (C=O) groups excluding carboxylic acids is 2. The highest BCUT2D eigenvalue weighted by molar-refractivity contribution is 6.00. The number of benzene rings is 1. The van der Waals surface area contributed by atoms with Crippen molar-refractivity contribution in [3.8, 4) is 5.75 Å². The summed E-state index contributed by atoms with van der Waals surface area (Å²) in [5.41, 5.74) is 0.622. The van der Waals surface area contributed by atoms with Gasteiger partial charge in [0.2, 0.25) is 5.91 Å². The number of alkyl halides is 3. The molecule has 2 heterocycles. The highest BCUT2D eigenvalue weighted by atomic mass is 19.4. The number of rotatable bonds is 5. The fourth-order valence-corrected chi connectivity index (χ4v) is 4.40. The third kappa shape index (κ3) is 5.52. The minimum Gasteiger partial charge on any atom is -0.446 e. The first-order valence-corrected chi connectivity index (χ1v) is 10.6. The lowest BCUT2D eigenvalue weighted by molar-refractivity contribution is -0.274. The summed E-state index contributed by atoms with van der Waals surface area (Å²) in [6, 6.07) is 5.30. The largest absolute Gasteiger partial charge is 0.573 e. The van der Waals surface area contributed by atoms with Gasteiger partial charge in [0, 0.05) is 24.6 Å². The molecule has 1 aliphatic heterocycles. The summed E-state index contributed by atoms with van der Waals surface area (Å²) in [5, 5.41) is 2.64. The van der Waals surface area contributed by atoms with Gasteiger partial charge in [0.1, 0.15) is 11.9 Å². The second kappa shape index (κ2) is 9.24. The zero-order valence-corrected chi connectivity index (χ0v) is 17.7. The normalized spacial score (nSPS) is 22.9. The van der Waals surface area contributed by atoms with Gasteiger partial charge in [0.15, 0.2) is 0 Å². The topological polar surface area (TPSA) is 93.7 Å². The lowest BCUT2D eigenvalue weighted by atomic mass is 9.72. The monoisotopic (exact) mass is 464 g/mol. The molecule has 2 amide bonds. The van der Waals surface area contributed by atoms with Gasteiger partial charge < -0.3 is 19.7 Å². The number of ether oxygens (including phenoxy) is 2. The van der Waals surface area contributed by atoms with E-state index >= 15 is 0 Å². The Morgan fingerprint density at radius 2 is 1.88 bits per heavy atom. The van der Waals surface area contributed by atoms with Crippen LogP contribution in [0, 0.1) is 5.41 Å². The van der Waals surface area contributed by atoms with Gasteiger partial charge in [-0.2, -0.15) is 0 Å². The second-order valence-corrected chi connectivity index (χ2v) is 8.18. The smallest absolute Gasteiger partial charge is 0.446 e. The van der Waals surface area contributed by atoms with Crippen molar-refractivity contribution in [2.24, 2.45) is 5.41 Å². The molecule has 1 N–H and O–H groups in total. The Morgan fingerprint density at radius 1 is 1.15 bits per heavy atom. The Morgan fingerprint density at radius 3 is 2.52 bits per heavy atom. The molecule has 2 aromatic rings. The maximum absolute atomic E-state index is 13.2. The van der Waals surface area contributed by atoms with Gasteiger partial charge in [0.05, 0.1) is 23.9 Å². The summed E-state index contributed by atoms with van der Waals surface area (Å²) in [6.45, 7) is 0.700. The molecule has 0 bridgehead atoms. The number of nitrogens with zero attached hydrogens (tertiary/aromatic N) is 3. The number of aromatic nitrogens is 2. The van der Waals surface area contributed by atoms with Crippen LogP contribution in [0.25, 0.3) is 0 Å². The average Bonchev–Trinajstić information content (AvgIpc) is 3.10.